The van der Waals surface area contributed by atoms with E-state index in [0.29, 0.717) is 23.0 Å². The number of anilines is 1. The van der Waals surface area contributed by atoms with Gasteiger partial charge in [0.25, 0.3) is 0 Å². The van der Waals surface area contributed by atoms with E-state index in [0.717, 1.165) is 16.8 Å². The Hall–Kier alpha value is -2.24. The van der Waals surface area contributed by atoms with Crippen molar-refractivity contribution in [3.8, 4) is 0 Å². The van der Waals surface area contributed by atoms with Crippen molar-refractivity contribution in [2.45, 2.75) is 39.3 Å². The summed E-state index contributed by atoms with van der Waals surface area (Å²) >= 11 is 12.2. The minimum absolute atomic E-state index is 0.0940. The summed E-state index contributed by atoms with van der Waals surface area (Å²) in [5.41, 5.74) is 2.61. The molecular weight excluding hydrogens is 411 g/mol. The minimum atomic E-state index is -1.02. The third-order valence-corrected chi connectivity index (χ3v) is 5.10. The molecule has 2 aromatic rings. The molecule has 1 atom stereocenters. The number of hydrogen-bond donors (Lipinski definition) is 2. The summed E-state index contributed by atoms with van der Waals surface area (Å²) in [4.78, 5) is 25.9. The van der Waals surface area contributed by atoms with Crippen LogP contribution in [0, 0.1) is 5.92 Å². The van der Waals surface area contributed by atoms with Gasteiger partial charge in [0, 0.05) is 29.3 Å². The van der Waals surface area contributed by atoms with Crippen molar-refractivity contribution < 1.29 is 14.7 Å². The van der Waals surface area contributed by atoms with Gasteiger partial charge in [-0.2, -0.15) is 0 Å². The van der Waals surface area contributed by atoms with Gasteiger partial charge in [-0.15, -0.1) is 0 Å². The van der Waals surface area contributed by atoms with Crippen LogP contribution < -0.4 is 10.2 Å². The molecular formula is C22H26Cl2N2O3. The van der Waals surface area contributed by atoms with E-state index in [-0.39, 0.29) is 18.2 Å². The molecule has 1 unspecified atom stereocenters. The number of nitrogens with zero attached hydrogens (tertiary/aromatic N) is 1. The van der Waals surface area contributed by atoms with E-state index in [1.54, 1.807) is 12.1 Å². The lowest BCUT2D eigenvalue weighted by Gasteiger charge is -2.23. The standard InChI is InChI=1S/C22H26Cl2N2O3/c1-14(2)10-19(22(28)29)25-21(27)11-15-6-4-5-7-20(15)26(3)13-16-8-9-17(23)12-18(16)24/h4-9,12,14,19H,10-11,13H2,1-3H3,(H,25,27)(H,28,29). The van der Waals surface area contributed by atoms with E-state index in [9.17, 15) is 14.7 Å². The van der Waals surface area contributed by atoms with Crippen LogP contribution in [0.5, 0.6) is 0 Å². The Kier molecular flexibility index (Phi) is 8.35. The molecule has 2 rings (SSSR count). The average Bonchev–Trinajstić information content (AvgIpc) is 2.63. The van der Waals surface area contributed by atoms with E-state index in [4.69, 9.17) is 23.2 Å². The van der Waals surface area contributed by atoms with Gasteiger partial charge < -0.3 is 15.3 Å². The van der Waals surface area contributed by atoms with Crippen molar-refractivity contribution in [1.82, 2.24) is 5.32 Å². The molecule has 0 bridgehead atoms. The molecule has 2 aromatic carbocycles. The van der Waals surface area contributed by atoms with Crippen LogP contribution in [0.25, 0.3) is 0 Å². The molecule has 0 aliphatic carbocycles. The minimum Gasteiger partial charge on any atom is -0.480 e. The van der Waals surface area contributed by atoms with Crippen LogP contribution in [0.3, 0.4) is 0 Å². The van der Waals surface area contributed by atoms with Crippen molar-refractivity contribution in [2.24, 2.45) is 5.92 Å². The van der Waals surface area contributed by atoms with Crippen LogP contribution in [0.15, 0.2) is 42.5 Å². The first-order valence-electron chi connectivity index (χ1n) is 9.42. The predicted molar refractivity (Wildman–Crippen MR) is 118 cm³/mol. The highest BCUT2D eigenvalue weighted by atomic mass is 35.5. The van der Waals surface area contributed by atoms with Gasteiger partial charge in [0.2, 0.25) is 5.91 Å². The molecule has 1 amide bonds. The van der Waals surface area contributed by atoms with Gasteiger partial charge in [0.1, 0.15) is 6.04 Å². The quantitative estimate of drug-likeness (QED) is 0.592. The summed E-state index contributed by atoms with van der Waals surface area (Å²) in [6, 6.07) is 12.0. The van der Waals surface area contributed by atoms with Crippen molar-refractivity contribution in [2.75, 3.05) is 11.9 Å². The van der Waals surface area contributed by atoms with Crippen molar-refractivity contribution >= 4 is 40.8 Å². The Morgan fingerprint density at radius 1 is 1.10 bits per heavy atom. The number of rotatable bonds is 9. The fraction of sp³-hybridized carbons (Fsp3) is 0.364. The van der Waals surface area contributed by atoms with Gasteiger partial charge in [-0.05, 0) is 41.7 Å². The smallest absolute Gasteiger partial charge is 0.326 e. The number of carboxylic acids is 1. The number of halogens is 2. The molecule has 0 aliphatic heterocycles. The number of benzene rings is 2. The Morgan fingerprint density at radius 3 is 2.41 bits per heavy atom. The third kappa shape index (κ3) is 6.94. The van der Waals surface area contributed by atoms with Crippen LogP contribution in [0.4, 0.5) is 5.69 Å². The van der Waals surface area contributed by atoms with Crippen molar-refractivity contribution in [3.05, 3.63) is 63.6 Å². The first-order chi connectivity index (χ1) is 13.7. The second kappa shape index (κ2) is 10.5. The Bertz CT molecular complexity index is 871. The molecule has 7 heteroatoms. The van der Waals surface area contributed by atoms with Crippen LogP contribution in [-0.2, 0) is 22.6 Å². The molecule has 2 N–H and O–H groups in total. The summed E-state index contributed by atoms with van der Waals surface area (Å²) in [6.07, 6.45) is 0.481. The van der Waals surface area contributed by atoms with Gasteiger partial charge >= 0.3 is 5.97 Å². The van der Waals surface area contributed by atoms with Crippen LogP contribution in [-0.4, -0.2) is 30.1 Å². The summed E-state index contributed by atoms with van der Waals surface area (Å²) < 4.78 is 0. The third-order valence-electron chi connectivity index (χ3n) is 4.52. The van der Waals surface area contributed by atoms with Crippen LogP contribution in [0.2, 0.25) is 10.0 Å². The first kappa shape index (κ1) is 23.0. The van der Waals surface area contributed by atoms with Crippen molar-refractivity contribution in [3.63, 3.8) is 0 Å². The highest BCUT2D eigenvalue weighted by Gasteiger charge is 2.22. The highest BCUT2D eigenvalue weighted by molar-refractivity contribution is 6.35. The number of aliphatic carboxylic acids is 1. The number of nitrogens with one attached hydrogen (secondary N) is 1. The SMILES string of the molecule is CC(C)CC(NC(=O)Cc1ccccc1N(C)Cc1ccc(Cl)cc1Cl)C(=O)O. The molecule has 0 aromatic heterocycles. The lowest BCUT2D eigenvalue weighted by atomic mass is 10.0. The molecule has 156 valence electrons. The number of carbonyl (C=O) groups excluding carboxylic acids is 1. The maximum absolute atomic E-state index is 12.5. The molecule has 0 saturated heterocycles. The largest absolute Gasteiger partial charge is 0.480 e. The number of hydrogen-bond acceptors (Lipinski definition) is 3. The first-order valence-corrected chi connectivity index (χ1v) is 10.2. The highest BCUT2D eigenvalue weighted by Crippen LogP contribution is 2.26. The average molecular weight is 437 g/mol. The number of amides is 1. The fourth-order valence-electron chi connectivity index (χ4n) is 3.13. The van der Waals surface area contributed by atoms with E-state index < -0.39 is 12.0 Å². The van der Waals surface area contributed by atoms with Gasteiger partial charge in [0.15, 0.2) is 0 Å². The van der Waals surface area contributed by atoms with E-state index >= 15 is 0 Å². The molecule has 0 spiro atoms. The zero-order chi connectivity index (χ0) is 21.6. The van der Waals surface area contributed by atoms with Crippen LogP contribution >= 0.6 is 23.2 Å². The van der Waals surface area contributed by atoms with E-state index in [1.807, 2.05) is 56.1 Å². The monoisotopic (exact) mass is 436 g/mol. The zero-order valence-corrected chi connectivity index (χ0v) is 18.3. The Labute approximate surface area is 181 Å². The van der Waals surface area contributed by atoms with Gasteiger partial charge in [-0.3, -0.25) is 4.79 Å². The summed E-state index contributed by atoms with van der Waals surface area (Å²) in [6.45, 7) is 4.39. The van der Waals surface area contributed by atoms with E-state index in [1.165, 1.54) is 0 Å². The molecule has 29 heavy (non-hydrogen) atoms. The second-order valence-electron chi connectivity index (χ2n) is 7.49. The lowest BCUT2D eigenvalue weighted by Crippen LogP contribution is -2.42. The molecule has 0 saturated carbocycles. The predicted octanol–water partition coefficient (Wildman–Crippen LogP) is 4.79. The Morgan fingerprint density at radius 2 is 1.79 bits per heavy atom. The fourth-order valence-corrected chi connectivity index (χ4v) is 3.60. The number of para-hydroxylation sites is 1. The maximum atomic E-state index is 12.5. The normalized spacial score (nSPS) is 11.9. The molecule has 5 nitrogen and oxygen atoms in total. The maximum Gasteiger partial charge on any atom is 0.326 e. The lowest BCUT2D eigenvalue weighted by molar-refractivity contribution is -0.142. The van der Waals surface area contributed by atoms with Gasteiger partial charge in [-0.25, -0.2) is 4.79 Å². The van der Waals surface area contributed by atoms with Gasteiger partial charge in [0.05, 0.1) is 6.42 Å². The molecule has 0 heterocycles. The van der Waals surface area contributed by atoms with Gasteiger partial charge in [-0.1, -0.05) is 61.3 Å². The molecule has 0 fully saturated rings. The summed E-state index contributed by atoms with van der Waals surface area (Å²) in [5, 5.41) is 13.1. The number of carbonyl (C=O) groups is 2. The van der Waals surface area contributed by atoms with E-state index in [2.05, 4.69) is 5.32 Å². The van der Waals surface area contributed by atoms with Crippen LogP contribution in [0.1, 0.15) is 31.4 Å². The Balaban J connectivity index is 2.13. The zero-order valence-electron chi connectivity index (χ0n) is 16.8. The van der Waals surface area contributed by atoms with Crippen molar-refractivity contribution in [1.29, 1.82) is 0 Å². The molecule has 0 radical (unpaired) electrons. The molecule has 0 aliphatic rings. The topological polar surface area (TPSA) is 69.6 Å². The second-order valence-corrected chi connectivity index (χ2v) is 8.33. The summed E-state index contributed by atoms with van der Waals surface area (Å²) in [7, 11) is 1.92. The summed E-state index contributed by atoms with van der Waals surface area (Å²) in [5.74, 6) is -1.17. The number of carboxylic acid groups (broad SMARTS) is 1.